The third kappa shape index (κ3) is 9.39. The summed E-state index contributed by atoms with van der Waals surface area (Å²) in [5, 5.41) is 7.96. The smallest absolute Gasteiger partial charge is 0.407 e. The lowest BCUT2D eigenvalue weighted by molar-refractivity contribution is -0.123. The molecule has 38 heavy (non-hydrogen) atoms. The van der Waals surface area contributed by atoms with Gasteiger partial charge in [-0.3, -0.25) is 4.79 Å². The first-order valence-electron chi connectivity index (χ1n) is 12.7. The summed E-state index contributed by atoms with van der Waals surface area (Å²) in [7, 11) is 0. The molecule has 12 heteroatoms. The van der Waals surface area contributed by atoms with Crippen LogP contribution in [0.25, 0.3) is 11.3 Å². The van der Waals surface area contributed by atoms with E-state index in [0.29, 0.717) is 45.1 Å². The summed E-state index contributed by atoms with van der Waals surface area (Å²) < 4.78 is 44.5. The highest BCUT2D eigenvalue weighted by Crippen LogP contribution is 2.36. The Kier molecular flexibility index (Phi) is 11.1. The van der Waals surface area contributed by atoms with Crippen molar-refractivity contribution in [3.8, 4) is 17.0 Å². The molecule has 0 bridgehead atoms. The van der Waals surface area contributed by atoms with Gasteiger partial charge in [-0.2, -0.15) is 4.39 Å². The standard InChI is InChI=1S/C26H36F2N4O5S/c1-26(2,3)31-25(34)36-13-7-5-4-6-10-29-21(33)16-37-23-18(8-9-19(27)22(23)28)20-17-38-24(30-20)32-11-14-35-15-12-32/h8-9,17H,4-7,10-16H2,1-3H3,(H,29,33)(H,31,34). The Hall–Kier alpha value is -2.99. The Morgan fingerprint density at radius 1 is 1.13 bits per heavy atom. The average molecular weight is 555 g/mol. The molecule has 2 aromatic rings. The molecular formula is C26H36F2N4O5S. The molecule has 3 rings (SSSR count). The predicted molar refractivity (Wildman–Crippen MR) is 142 cm³/mol. The second-order valence-electron chi connectivity index (χ2n) is 9.92. The van der Waals surface area contributed by atoms with Gasteiger partial charge in [0.05, 0.1) is 25.5 Å². The van der Waals surface area contributed by atoms with Crippen LogP contribution in [0.4, 0.5) is 18.7 Å². The van der Waals surface area contributed by atoms with Gasteiger partial charge in [-0.1, -0.05) is 6.42 Å². The second-order valence-corrected chi connectivity index (χ2v) is 10.8. The quantitative estimate of drug-likeness (QED) is 0.373. The topological polar surface area (TPSA) is 102 Å². The van der Waals surface area contributed by atoms with Crippen molar-refractivity contribution < 1.29 is 32.6 Å². The maximum absolute atomic E-state index is 14.6. The number of rotatable bonds is 12. The van der Waals surface area contributed by atoms with E-state index in [4.69, 9.17) is 14.2 Å². The van der Waals surface area contributed by atoms with Crippen LogP contribution in [0.15, 0.2) is 17.5 Å². The second kappa shape index (κ2) is 14.2. The zero-order chi connectivity index (χ0) is 27.5. The van der Waals surface area contributed by atoms with Crippen molar-refractivity contribution in [1.82, 2.24) is 15.6 Å². The number of hydrogen-bond donors (Lipinski definition) is 2. The molecule has 0 radical (unpaired) electrons. The summed E-state index contributed by atoms with van der Waals surface area (Å²) in [6.07, 6.45) is 2.69. The number of carbonyl (C=O) groups excluding carboxylic acids is 2. The van der Waals surface area contributed by atoms with E-state index in [1.165, 1.54) is 17.4 Å². The van der Waals surface area contributed by atoms with Crippen molar-refractivity contribution in [2.24, 2.45) is 0 Å². The Bertz CT molecular complexity index is 1070. The molecular weight excluding hydrogens is 518 g/mol. The molecule has 0 aliphatic carbocycles. The first-order chi connectivity index (χ1) is 18.1. The fourth-order valence-corrected chi connectivity index (χ4v) is 4.55. The molecule has 1 aromatic heterocycles. The Morgan fingerprint density at radius 2 is 1.87 bits per heavy atom. The fourth-order valence-electron chi connectivity index (χ4n) is 3.67. The minimum absolute atomic E-state index is 0.283. The lowest BCUT2D eigenvalue weighted by Crippen LogP contribution is -2.41. The van der Waals surface area contributed by atoms with Gasteiger partial charge in [0, 0.05) is 36.1 Å². The zero-order valence-corrected chi connectivity index (χ0v) is 22.9. The molecule has 1 fully saturated rings. The Labute approximate surface area is 225 Å². The predicted octanol–water partition coefficient (Wildman–Crippen LogP) is 4.51. The van der Waals surface area contributed by atoms with Crippen molar-refractivity contribution in [1.29, 1.82) is 0 Å². The molecule has 0 atom stereocenters. The number of ether oxygens (including phenoxy) is 3. The average Bonchev–Trinajstić information content (AvgIpc) is 3.36. The molecule has 0 saturated carbocycles. The number of benzene rings is 1. The van der Waals surface area contributed by atoms with Crippen LogP contribution in [0, 0.1) is 11.6 Å². The minimum atomic E-state index is -1.16. The number of morpholine rings is 1. The summed E-state index contributed by atoms with van der Waals surface area (Å²) in [4.78, 5) is 30.5. The summed E-state index contributed by atoms with van der Waals surface area (Å²) in [6, 6.07) is 2.42. The summed E-state index contributed by atoms with van der Waals surface area (Å²) >= 11 is 1.40. The number of halogens is 2. The van der Waals surface area contributed by atoms with Crippen LogP contribution in [0.1, 0.15) is 46.5 Å². The monoisotopic (exact) mass is 554 g/mol. The van der Waals surface area contributed by atoms with E-state index in [1.54, 1.807) is 5.38 Å². The number of amides is 2. The van der Waals surface area contributed by atoms with Gasteiger partial charge in [-0.25, -0.2) is 14.2 Å². The molecule has 210 valence electrons. The minimum Gasteiger partial charge on any atom is -0.480 e. The van der Waals surface area contributed by atoms with Crippen LogP contribution in [0.2, 0.25) is 0 Å². The molecule has 0 spiro atoms. The van der Waals surface area contributed by atoms with Crippen molar-refractivity contribution in [3.63, 3.8) is 0 Å². The van der Waals surface area contributed by atoms with Gasteiger partial charge in [-0.05, 0) is 52.2 Å². The van der Waals surface area contributed by atoms with Crippen molar-refractivity contribution in [3.05, 3.63) is 29.1 Å². The lowest BCUT2D eigenvalue weighted by atomic mass is 10.1. The van der Waals surface area contributed by atoms with Crippen LogP contribution in [-0.4, -0.2) is 68.6 Å². The third-order valence-corrected chi connectivity index (χ3v) is 6.45. The normalized spacial score (nSPS) is 13.8. The number of thiazole rings is 1. The van der Waals surface area contributed by atoms with Gasteiger partial charge >= 0.3 is 6.09 Å². The van der Waals surface area contributed by atoms with E-state index < -0.39 is 30.2 Å². The molecule has 1 aliphatic rings. The van der Waals surface area contributed by atoms with E-state index in [-0.39, 0.29) is 16.9 Å². The molecule has 2 heterocycles. The molecule has 0 unspecified atom stereocenters. The highest BCUT2D eigenvalue weighted by Gasteiger charge is 2.21. The summed E-state index contributed by atoms with van der Waals surface area (Å²) in [5.74, 6) is -2.99. The largest absolute Gasteiger partial charge is 0.480 e. The van der Waals surface area contributed by atoms with E-state index in [0.717, 1.165) is 36.9 Å². The number of unbranched alkanes of at least 4 members (excludes halogenated alkanes) is 3. The SMILES string of the molecule is CC(C)(C)NC(=O)OCCCCCCNC(=O)COc1c(-c2csc(N3CCOCC3)n2)ccc(F)c1F. The van der Waals surface area contributed by atoms with Crippen LogP contribution in [0.3, 0.4) is 0 Å². The summed E-state index contributed by atoms with van der Waals surface area (Å²) in [5.41, 5.74) is 0.394. The van der Waals surface area contributed by atoms with Crippen LogP contribution >= 0.6 is 11.3 Å². The molecule has 2 amide bonds. The molecule has 1 aliphatic heterocycles. The fraction of sp³-hybridized carbons (Fsp3) is 0.577. The summed E-state index contributed by atoms with van der Waals surface area (Å²) in [6.45, 7) is 8.55. The van der Waals surface area contributed by atoms with Crippen molar-refractivity contribution >= 4 is 28.5 Å². The number of aromatic nitrogens is 1. The van der Waals surface area contributed by atoms with Gasteiger partial charge in [0.15, 0.2) is 23.3 Å². The van der Waals surface area contributed by atoms with E-state index >= 15 is 0 Å². The highest BCUT2D eigenvalue weighted by atomic mass is 32.1. The number of anilines is 1. The van der Waals surface area contributed by atoms with E-state index in [2.05, 4.69) is 20.5 Å². The van der Waals surface area contributed by atoms with Crippen LogP contribution in [0.5, 0.6) is 5.75 Å². The Balaban J connectivity index is 1.41. The van der Waals surface area contributed by atoms with E-state index in [1.807, 2.05) is 20.8 Å². The number of nitrogens with zero attached hydrogens (tertiary/aromatic N) is 2. The number of hydrogen-bond acceptors (Lipinski definition) is 8. The lowest BCUT2D eigenvalue weighted by Gasteiger charge is -2.26. The van der Waals surface area contributed by atoms with Crippen LogP contribution in [-0.2, 0) is 14.3 Å². The Morgan fingerprint density at radius 3 is 2.61 bits per heavy atom. The zero-order valence-electron chi connectivity index (χ0n) is 22.1. The van der Waals surface area contributed by atoms with Crippen LogP contribution < -0.4 is 20.3 Å². The van der Waals surface area contributed by atoms with Gasteiger partial charge in [0.2, 0.25) is 5.82 Å². The number of carbonyl (C=O) groups is 2. The van der Waals surface area contributed by atoms with E-state index in [9.17, 15) is 18.4 Å². The molecule has 1 saturated heterocycles. The maximum atomic E-state index is 14.6. The van der Waals surface area contributed by atoms with Gasteiger partial charge in [-0.15, -0.1) is 11.3 Å². The van der Waals surface area contributed by atoms with Gasteiger partial charge in [0.1, 0.15) is 0 Å². The number of nitrogens with one attached hydrogen (secondary N) is 2. The maximum Gasteiger partial charge on any atom is 0.407 e. The van der Waals surface area contributed by atoms with Gasteiger partial charge < -0.3 is 29.7 Å². The molecule has 2 N–H and O–H groups in total. The van der Waals surface area contributed by atoms with Crippen molar-refractivity contribution in [2.75, 3.05) is 51.0 Å². The first-order valence-corrected chi connectivity index (χ1v) is 13.6. The van der Waals surface area contributed by atoms with Gasteiger partial charge in [0.25, 0.3) is 5.91 Å². The molecule has 1 aromatic carbocycles. The molecule has 9 nitrogen and oxygen atoms in total. The first kappa shape index (κ1) is 29.6. The number of alkyl carbamates (subject to hydrolysis) is 1. The highest BCUT2D eigenvalue weighted by molar-refractivity contribution is 7.14. The van der Waals surface area contributed by atoms with Crippen molar-refractivity contribution in [2.45, 2.75) is 52.0 Å². The third-order valence-electron chi connectivity index (χ3n) is 5.55.